The molecule has 0 radical (unpaired) electrons. The van der Waals surface area contributed by atoms with Crippen LogP contribution in [0.1, 0.15) is 169 Å². The summed E-state index contributed by atoms with van der Waals surface area (Å²) in [6, 6.07) is 57.2. The van der Waals surface area contributed by atoms with Crippen LogP contribution in [0.4, 0.5) is 4.79 Å². The summed E-state index contributed by atoms with van der Waals surface area (Å²) in [5.41, 5.74) is 5.02. The van der Waals surface area contributed by atoms with Crippen LogP contribution in [0.3, 0.4) is 0 Å². The van der Waals surface area contributed by atoms with Crippen LogP contribution in [0.15, 0.2) is 182 Å². The molecular weight excluding hydrogens is 1200 g/mol. The Bertz CT molecular complexity index is 2870. The van der Waals surface area contributed by atoms with Crippen molar-refractivity contribution in [3.63, 3.8) is 0 Å². The van der Waals surface area contributed by atoms with Gasteiger partial charge in [-0.25, -0.2) is 4.79 Å². The summed E-state index contributed by atoms with van der Waals surface area (Å²) in [6.45, 7) is 1.82. The molecule has 0 heterocycles. The summed E-state index contributed by atoms with van der Waals surface area (Å²) in [7, 11) is -5.50. The number of benzene rings is 6. The van der Waals surface area contributed by atoms with Crippen LogP contribution in [0, 0.1) is 0 Å². The van der Waals surface area contributed by atoms with Crippen molar-refractivity contribution in [2.45, 2.75) is 218 Å². The van der Waals surface area contributed by atoms with Gasteiger partial charge in [0.05, 0.1) is 39.6 Å². The lowest BCUT2D eigenvalue weighted by atomic mass is 9.83. The molecule has 7 rings (SSSR count). The second kappa shape index (κ2) is 44.2. The number of unbranched alkanes of at least 4 members (excludes halogenated alkanes) is 16. The van der Waals surface area contributed by atoms with E-state index in [1.807, 2.05) is 182 Å². The number of amides is 1. The predicted molar refractivity (Wildman–Crippen MR) is 357 cm³/mol. The van der Waals surface area contributed by atoms with Gasteiger partial charge in [0.25, 0.3) is 7.82 Å². The zero-order valence-corrected chi connectivity index (χ0v) is 55.3. The zero-order chi connectivity index (χ0) is 65.2. The predicted octanol–water partition coefficient (Wildman–Crippen LogP) is 16.0. The molecule has 3 unspecified atom stereocenters. The Morgan fingerprint density at radius 3 is 1.06 bits per heavy atom. The van der Waals surface area contributed by atoms with E-state index in [1.165, 1.54) is 64.2 Å². The molecule has 1 aliphatic carbocycles. The number of phosphoric ester groups is 1. The highest BCUT2D eigenvalue weighted by Gasteiger charge is 2.56. The van der Waals surface area contributed by atoms with Crippen LogP contribution in [0.2, 0.25) is 0 Å². The molecule has 0 bridgehead atoms. The molecule has 0 aromatic heterocycles. The molecule has 6 aromatic carbocycles. The largest absolute Gasteiger partial charge is 0.756 e. The van der Waals surface area contributed by atoms with Crippen molar-refractivity contribution in [2.24, 2.45) is 0 Å². The molecule has 93 heavy (non-hydrogen) atoms. The maximum atomic E-state index is 14.9. The van der Waals surface area contributed by atoms with Crippen LogP contribution < -0.4 is 10.2 Å². The fraction of sp³-hybridized carbons (Fsp3) is 0.487. The second-order valence-corrected chi connectivity index (χ2v) is 25.3. The molecule has 1 fully saturated rings. The van der Waals surface area contributed by atoms with Crippen molar-refractivity contribution in [3.05, 3.63) is 215 Å². The number of ether oxygens (including phenoxy) is 8. The topological polar surface area (TPSA) is 196 Å². The van der Waals surface area contributed by atoms with E-state index in [4.69, 9.17) is 46.9 Å². The lowest BCUT2D eigenvalue weighted by Crippen LogP contribution is -2.67. The van der Waals surface area contributed by atoms with Crippen LogP contribution in [-0.2, 0) is 101 Å². The average molecular weight is 1300 g/mol. The Hall–Kier alpha value is -6.56. The minimum absolute atomic E-state index is 0.0103. The summed E-state index contributed by atoms with van der Waals surface area (Å²) >= 11 is 0. The SMILES string of the molecule is CCCCCCCCCCCCCCCCCC(=O)O[C@H](COC(=O)CCCCCNC(=O)OCc1ccccc1)COP(=O)([O-])OC1[C@H](OCc2ccccc2)[C@H](OCc2ccccc2)C(OCc2ccccc2)[C@H](OCc2ccccc2)[C@H]1OCc1ccccc1. The van der Waals surface area contributed by atoms with Gasteiger partial charge in [0.2, 0.25) is 0 Å². The fourth-order valence-corrected chi connectivity index (χ4v) is 12.1. The Morgan fingerprint density at radius 1 is 0.387 bits per heavy atom. The van der Waals surface area contributed by atoms with Crippen LogP contribution in [0.5, 0.6) is 0 Å². The average Bonchev–Trinajstić information content (AvgIpc) is 0.769. The molecule has 1 aliphatic rings. The highest BCUT2D eigenvalue weighted by molar-refractivity contribution is 7.45. The zero-order valence-electron chi connectivity index (χ0n) is 54.4. The molecule has 0 saturated heterocycles. The number of hydrogen-bond donors (Lipinski definition) is 1. The summed E-state index contributed by atoms with van der Waals surface area (Å²) in [4.78, 5) is 54.1. The molecular formula is C76H99NO15P-. The van der Waals surface area contributed by atoms with Gasteiger partial charge in [-0.3, -0.25) is 14.2 Å². The van der Waals surface area contributed by atoms with Crippen LogP contribution in [-0.4, -0.2) is 80.5 Å². The molecule has 504 valence electrons. The smallest absolute Gasteiger partial charge is 0.407 e. The van der Waals surface area contributed by atoms with Crippen molar-refractivity contribution in [3.8, 4) is 0 Å². The highest BCUT2D eigenvalue weighted by Crippen LogP contribution is 2.46. The number of alkyl carbamates (subject to hydrolysis) is 1. The van der Waals surface area contributed by atoms with Gasteiger partial charge in [0.15, 0.2) is 6.10 Å². The first-order chi connectivity index (χ1) is 45.6. The number of rotatable bonds is 47. The Labute approximate surface area is 552 Å². The second-order valence-electron chi connectivity index (χ2n) is 23.9. The van der Waals surface area contributed by atoms with Gasteiger partial charge in [-0.1, -0.05) is 285 Å². The minimum atomic E-state index is -5.50. The number of phosphoric acid groups is 1. The monoisotopic (exact) mass is 1300 g/mol. The Morgan fingerprint density at radius 2 is 0.699 bits per heavy atom. The van der Waals surface area contributed by atoms with E-state index in [9.17, 15) is 23.8 Å². The summed E-state index contributed by atoms with van der Waals surface area (Å²) < 4.78 is 78.6. The third-order valence-electron chi connectivity index (χ3n) is 16.3. The van der Waals surface area contributed by atoms with Crippen molar-refractivity contribution >= 4 is 25.9 Å². The van der Waals surface area contributed by atoms with E-state index in [0.29, 0.717) is 32.2 Å². The summed E-state index contributed by atoms with van der Waals surface area (Å²) in [5, 5.41) is 2.73. The van der Waals surface area contributed by atoms with Gasteiger partial charge in [-0.05, 0) is 52.6 Å². The van der Waals surface area contributed by atoms with Crippen molar-refractivity contribution < 1.29 is 70.8 Å². The number of esters is 2. The fourth-order valence-electron chi connectivity index (χ4n) is 11.2. The van der Waals surface area contributed by atoms with E-state index in [0.717, 1.165) is 59.1 Å². The van der Waals surface area contributed by atoms with Crippen molar-refractivity contribution in [2.75, 3.05) is 19.8 Å². The molecule has 1 N–H and O–H groups in total. The first-order valence-corrected chi connectivity index (χ1v) is 35.3. The molecule has 0 aliphatic heterocycles. The molecule has 1 saturated carbocycles. The molecule has 1 amide bonds. The number of carbonyl (C=O) groups is 3. The summed E-state index contributed by atoms with van der Waals surface area (Å²) in [5.74, 6) is -1.17. The number of carbonyl (C=O) groups excluding carboxylic acids is 3. The van der Waals surface area contributed by atoms with E-state index >= 15 is 0 Å². The minimum Gasteiger partial charge on any atom is -0.756 e. The molecule has 8 atom stereocenters. The summed E-state index contributed by atoms with van der Waals surface area (Å²) in [6.07, 6.45) is 10.3. The highest BCUT2D eigenvalue weighted by atomic mass is 31.2. The van der Waals surface area contributed by atoms with Gasteiger partial charge < -0.3 is 57.2 Å². The third kappa shape index (κ3) is 29.7. The number of hydrogen-bond acceptors (Lipinski definition) is 15. The van der Waals surface area contributed by atoms with E-state index in [2.05, 4.69) is 12.2 Å². The molecule has 0 spiro atoms. The van der Waals surface area contributed by atoms with Crippen LogP contribution in [0.25, 0.3) is 0 Å². The quantitative estimate of drug-likeness (QED) is 0.0164. The van der Waals surface area contributed by atoms with Crippen molar-refractivity contribution in [1.29, 1.82) is 0 Å². The van der Waals surface area contributed by atoms with E-state index in [-0.39, 0.29) is 52.5 Å². The van der Waals surface area contributed by atoms with Gasteiger partial charge in [-0.15, -0.1) is 0 Å². The standard InChI is InChI=1S/C76H100NO15P/c1-2-3-4-5-6-7-8-9-10-11-12-13-14-15-35-51-69(79)91-67(59-83-68(78)50-36-22-37-52-77-76(80)89-58-66-48-33-21-34-49-66)60-90-93(81,82)92-75-73(87-56-64-44-29-19-30-45-64)71(85-54-62-40-25-17-26-41-62)70(84-53-61-38-23-16-24-39-61)72(86-55-63-42-27-18-28-43-63)74(75)88-57-65-46-31-20-32-47-65/h16-21,23-34,38-49,67,70-75H,2-15,22,35-37,50-60H2,1H3,(H,77,80)(H,81,82)/p-1/t67-,70?,71-,72+,73-,74-,75?/m1/s1. The molecule has 17 heteroatoms. The molecule has 16 nitrogen and oxygen atoms in total. The maximum Gasteiger partial charge on any atom is 0.407 e. The van der Waals surface area contributed by atoms with Gasteiger partial charge in [-0.2, -0.15) is 0 Å². The lowest BCUT2D eigenvalue weighted by molar-refractivity contribution is -0.295. The number of nitrogens with one attached hydrogen (secondary N) is 1. The van der Waals surface area contributed by atoms with Gasteiger partial charge in [0.1, 0.15) is 49.8 Å². The van der Waals surface area contributed by atoms with E-state index in [1.54, 1.807) is 0 Å². The maximum absolute atomic E-state index is 14.9. The molecule has 6 aromatic rings. The van der Waals surface area contributed by atoms with Crippen LogP contribution >= 0.6 is 7.82 Å². The van der Waals surface area contributed by atoms with E-state index < -0.39 is 81.8 Å². The lowest BCUT2D eigenvalue weighted by Gasteiger charge is -2.50. The third-order valence-corrected chi connectivity index (χ3v) is 17.3. The first-order valence-electron chi connectivity index (χ1n) is 33.8. The Kier molecular flexibility index (Phi) is 35.1. The first kappa shape index (κ1) is 73.8. The van der Waals surface area contributed by atoms with Gasteiger partial charge >= 0.3 is 18.0 Å². The Balaban J connectivity index is 1.08. The van der Waals surface area contributed by atoms with Gasteiger partial charge in [0, 0.05) is 19.4 Å². The van der Waals surface area contributed by atoms with Crippen molar-refractivity contribution in [1.82, 2.24) is 5.32 Å². The normalized spacial score (nSPS) is 18.0.